The number of esters is 3. The van der Waals surface area contributed by atoms with E-state index in [1.807, 2.05) is 0 Å². The molecule has 0 spiro atoms. The highest BCUT2D eigenvalue weighted by Crippen LogP contribution is 2.15. The second kappa shape index (κ2) is 66.8. The Morgan fingerprint density at radius 1 is 0.263 bits per heavy atom. The molecule has 0 fully saturated rings. The van der Waals surface area contributed by atoms with Crippen LogP contribution in [-0.2, 0) is 28.6 Å². The fraction of sp³-hybridized carbons (Fsp3) is 0.635. The number of rotatable bonds is 58. The normalized spacial score (nSPS) is 13.1. The van der Waals surface area contributed by atoms with Crippen LogP contribution in [0, 0.1) is 0 Å². The monoisotopic (exact) mass is 1100 g/mol. The predicted octanol–water partition coefficient (Wildman–Crippen LogP) is 22.7. The van der Waals surface area contributed by atoms with Crippen molar-refractivity contribution in [3.05, 3.63) is 146 Å². The first-order valence-electron chi connectivity index (χ1n) is 32.8. The fourth-order valence-electron chi connectivity index (χ4n) is 8.70. The maximum absolute atomic E-state index is 12.9. The van der Waals surface area contributed by atoms with E-state index in [-0.39, 0.29) is 37.5 Å². The first-order valence-corrected chi connectivity index (χ1v) is 32.8. The summed E-state index contributed by atoms with van der Waals surface area (Å²) < 4.78 is 16.9. The van der Waals surface area contributed by atoms with Crippen molar-refractivity contribution in [1.29, 1.82) is 0 Å². The van der Waals surface area contributed by atoms with Crippen molar-refractivity contribution in [3.8, 4) is 0 Å². The number of hydrogen-bond acceptors (Lipinski definition) is 6. The van der Waals surface area contributed by atoms with E-state index in [9.17, 15) is 14.4 Å². The summed E-state index contributed by atoms with van der Waals surface area (Å²) in [6, 6.07) is 0. The van der Waals surface area contributed by atoms with E-state index in [2.05, 4.69) is 167 Å². The molecular formula is C74H120O6. The van der Waals surface area contributed by atoms with Gasteiger partial charge in [-0.1, -0.05) is 269 Å². The van der Waals surface area contributed by atoms with E-state index in [1.54, 1.807) is 0 Å². The van der Waals surface area contributed by atoms with Gasteiger partial charge in [0.05, 0.1) is 0 Å². The van der Waals surface area contributed by atoms with Gasteiger partial charge in [0.25, 0.3) is 0 Å². The summed E-state index contributed by atoms with van der Waals surface area (Å²) in [6.45, 7) is 6.37. The Morgan fingerprint density at radius 2 is 0.487 bits per heavy atom. The van der Waals surface area contributed by atoms with Crippen LogP contribution in [0.25, 0.3) is 0 Å². The lowest BCUT2D eigenvalue weighted by Crippen LogP contribution is -2.30. The number of carbonyl (C=O) groups is 3. The predicted molar refractivity (Wildman–Crippen MR) is 348 cm³/mol. The van der Waals surface area contributed by atoms with Crippen LogP contribution >= 0.6 is 0 Å². The molecule has 0 N–H and O–H groups in total. The van der Waals surface area contributed by atoms with E-state index in [0.29, 0.717) is 12.8 Å². The standard InChI is InChI=1S/C74H120O6/c1-4-7-10-13-16-19-22-25-28-31-34-35-36-37-38-39-41-43-46-49-52-55-58-61-64-67-73(76)79-70-71(69-78-72(75)66-63-60-57-54-51-48-45-42-33-30-27-24-21-18-15-12-9-6-3)80-74(77)68-65-62-59-56-53-50-47-44-40-32-29-26-23-20-17-14-11-8-5-2/h7-8,10-11,16-17,19-21,24-26,28-30,33-35,37-38,40,44,50,53,71H,4-6,9,12-15,18,22-23,27,31-32,36,39,41-43,45-49,51-52,54-70H2,1-3H3/b10-7-,11-8-,19-16-,20-17-,24-21-,28-25-,29-26-,33-30-,35-34-,38-37-,44-40-,53-50-. The largest absolute Gasteiger partial charge is 0.462 e. The number of hydrogen-bond donors (Lipinski definition) is 0. The van der Waals surface area contributed by atoms with Gasteiger partial charge in [0.1, 0.15) is 13.2 Å². The molecule has 0 saturated carbocycles. The van der Waals surface area contributed by atoms with Crippen molar-refractivity contribution in [2.45, 2.75) is 290 Å². The van der Waals surface area contributed by atoms with Gasteiger partial charge >= 0.3 is 17.9 Å². The molecule has 0 rings (SSSR count). The molecule has 0 aliphatic carbocycles. The van der Waals surface area contributed by atoms with E-state index in [1.165, 1.54) is 96.3 Å². The Labute approximate surface area is 493 Å². The summed E-state index contributed by atoms with van der Waals surface area (Å²) in [4.78, 5) is 38.4. The lowest BCUT2D eigenvalue weighted by Gasteiger charge is -2.18. The molecule has 0 aliphatic heterocycles. The molecule has 1 unspecified atom stereocenters. The van der Waals surface area contributed by atoms with Crippen LogP contribution < -0.4 is 0 Å². The Morgan fingerprint density at radius 3 is 0.775 bits per heavy atom. The topological polar surface area (TPSA) is 78.9 Å². The van der Waals surface area contributed by atoms with Crippen molar-refractivity contribution < 1.29 is 28.6 Å². The lowest BCUT2D eigenvalue weighted by atomic mass is 10.1. The molecular weight excluding hydrogens is 985 g/mol. The van der Waals surface area contributed by atoms with Crippen molar-refractivity contribution in [2.75, 3.05) is 13.2 Å². The number of carbonyl (C=O) groups excluding carboxylic acids is 3. The number of allylic oxidation sites excluding steroid dienone is 24. The molecule has 0 amide bonds. The summed E-state index contributed by atoms with van der Waals surface area (Å²) in [5.74, 6) is -0.946. The van der Waals surface area contributed by atoms with Gasteiger partial charge in [-0.3, -0.25) is 14.4 Å². The first kappa shape index (κ1) is 75.3. The molecule has 0 aromatic rings. The molecule has 0 bridgehead atoms. The third-order valence-electron chi connectivity index (χ3n) is 13.6. The molecule has 6 heteroatoms. The maximum atomic E-state index is 12.9. The molecule has 452 valence electrons. The quantitative estimate of drug-likeness (QED) is 0.0261. The fourth-order valence-corrected chi connectivity index (χ4v) is 8.70. The van der Waals surface area contributed by atoms with Crippen LogP contribution in [0.5, 0.6) is 0 Å². The van der Waals surface area contributed by atoms with Crippen molar-refractivity contribution in [1.82, 2.24) is 0 Å². The van der Waals surface area contributed by atoms with Crippen LogP contribution in [-0.4, -0.2) is 37.2 Å². The zero-order valence-corrected chi connectivity index (χ0v) is 51.8. The van der Waals surface area contributed by atoms with E-state index in [0.717, 1.165) is 148 Å². The van der Waals surface area contributed by atoms with Gasteiger partial charge in [-0.05, 0) is 141 Å². The first-order chi connectivity index (χ1) is 39.5. The van der Waals surface area contributed by atoms with Crippen molar-refractivity contribution in [3.63, 3.8) is 0 Å². The van der Waals surface area contributed by atoms with E-state index >= 15 is 0 Å². The number of ether oxygens (including phenoxy) is 3. The molecule has 0 aromatic heterocycles. The Kier molecular flexibility index (Phi) is 62.9. The highest BCUT2D eigenvalue weighted by molar-refractivity contribution is 5.71. The minimum absolute atomic E-state index is 0.102. The van der Waals surface area contributed by atoms with Crippen LogP contribution in [0.1, 0.15) is 284 Å². The summed E-state index contributed by atoms with van der Waals surface area (Å²) in [5.41, 5.74) is 0. The van der Waals surface area contributed by atoms with Gasteiger partial charge in [0, 0.05) is 19.3 Å². The van der Waals surface area contributed by atoms with Crippen LogP contribution in [0.4, 0.5) is 0 Å². The molecule has 0 aromatic carbocycles. The second-order valence-electron chi connectivity index (χ2n) is 21.3. The zero-order valence-electron chi connectivity index (χ0n) is 51.8. The van der Waals surface area contributed by atoms with Crippen molar-refractivity contribution >= 4 is 17.9 Å². The lowest BCUT2D eigenvalue weighted by molar-refractivity contribution is -0.167. The smallest absolute Gasteiger partial charge is 0.306 e. The number of unbranched alkanes of at least 4 members (excludes halogenated alkanes) is 23. The summed E-state index contributed by atoms with van der Waals surface area (Å²) in [6.07, 6.45) is 95.6. The van der Waals surface area contributed by atoms with Gasteiger partial charge in [-0.25, -0.2) is 0 Å². The molecule has 80 heavy (non-hydrogen) atoms. The molecule has 0 aliphatic rings. The van der Waals surface area contributed by atoms with E-state index < -0.39 is 6.10 Å². The van der Waals surface area contributed by atoms with E-state index in [4.69, 9.17) is 14.2 Å². The van der Waals surface area contributed by atoms with Gasteiger partial charge in [-0.15, -0.1) is 0 Å². The Hall–Kier alpha value is -4.71. The van der Waals surface area contributed by atoms with Crippen LogP contribution in [0.3, 0.4) is 0 Å². The molecule has 0 saturated heterocycles. The Bertz CT molecular complexity index is 1750. The minimum Gasteiger partial charge on any atom is -0.462 e. The van der Waals surface area contributed by atoms with Gasteiger partial charge < -0.3 is 14.2 Å². The second-order valence-corrected chi connectivity index (χ2v) is 21.3. The molecule has 0 radical (unpaired) electrons. The summed E-state index contributed by atoms with van der Waals surface area (Å²) in [5, 5.41) is 0. The van der Waals surface area contributed by atoms with Gasteiger partial charge in [0.2, 0.25) is 0 Å². The third kappa shape index (κ3) is 64.1. The zero-order chi connectivity index (χ0) is 57.8. The summed E-state index contributed by atoms with van der Waals surface area (Å²) >= 11 is 0. The van der Waals surface area contributed by atoms with Crippen LogP contribution in [0.15, 0.2) is 146 Å². The summed E-state index contributed by atoms with van der Waals surface area (Å²) in [7, 11) is 0. The average Bonchev–Trinajstić information content (AvgIpc) is 3.46. The Balaban J connectivity index is 4.47. The molecule has 0 heterocycles. The van der Waals surface area contributed by atoms with Gasteiger partial charge in [-0.2, -0.15) is 0 Å². The SMILES string of the molecule is CC/C=C\C/C=C\C/C=C\C/C=C\C/C=C\CCCCCCCCCCCC(=O)OCC(COC(=O)CCCCCCCCC/C=C\C/C=C\CCCCCC)OC(=O)CCCCC/C=C\C/C=C\C/C=C\C/C=C\C/C=C\CC. The molecule has 1 atom stereocenters. The highest BCUT2D eigenvalue weighted by Gasteiger charge is 2.19. The minimum atomic E-state index is -0.810. The van der Waals surface area contributed by atoms with Crippen LogP contribution in [0.2, 0.25) is 0 Å². The van der Waals surface area contributed by atoms with Gasteiger partial charge in [0.15, 0.2) is 6.10 Å². The van der Waals surface area contributed by atoms with Crippen molar-refractivity contribution in [2.24, 2.45) is 0 Å². The third-order valence-corrected chi connectivity index (χ3v) is 13.6. The maximum Gasteiger partial charge on any atom is 0.306 e. The average molecular weight is 1110 g/mol. The molecule has 6 nitrogen and oxygen atoms in total. The highest BCUT2D eigenvalue weighted by atomic mass is 16.6.